The monoisotopic (exact) mass is 349 g/mol. The number of carbonyl (C=O) groups excluding carboxylic acids is 1. The van der Waals surface area contributed by atoms with E-state index in [9.17, 15) is 22.8 Å². The number of piperidine rings is 1. The summed E-state index contributed by atoms with van der Waals surface area (Å²) >= 11 is 5.82. The number of aliphatic carboxylic acids is 1. The van der Waals surface area contributed by atoms with Gasteiger partial charge in [-0.1, -0.05) is 18.5 Å². The lowest BCUT2D eigenvalue weighted by atomic mass is 9.90. The predicted molar refractivity (Wildman–Crippen MR) is 77.3 cm³/mol. The summed E-state index contributed by atoms with van der Waals surface area (Å²) in [5, 5.41) is 8.82. The van der Waals surface area contributed by atoms with Crippen LogP contribution < -0.4 is 0 Å². The molecule has 0 saturated carbocycles. The number of carboxylic acids is 1. The molecule has 0 radical (unpaired) electrons. The van der Waals surface area contributed by atoms with Crippen molar-refractivity contribution in [1.82, 2.24) is 4.90 Å². The number of alkyl halides is 3. The third kappa shape index (κ3) is 3.96. The topological polar surface area (TPSA) is 57.6 Å². The summed E-state index contributed by atoms with van der Waals surface area (Å²) in [6, 6.07) is 2.53. The fourth-order valence-electron chi connectivity index (χ4n) is 2.73. The third-order valence-electron chi connectivity index (χ3n) is 3.82. The molecular weight excluding hydrogens is 335 g/mol. The molecule has 2 atom stereocenters. The average Bonchev–Trinajstić information content (AvgIpc) is 2.44. The van der Waals surface area contributed by atoms with E-state index in [4.69, 9.17) is 16.7 Å². The van der Waals surface area contributed by atoms with Crippen LogP contribution in [0.25, 0.3) is 0 Å². The summed E-state index contributed by atoms with van der Waals surface area (Å²) < 4.78 is 37.9. The number of amides is 1. The molecule has 1 aromatic rings. The smallest absolute Gasteiger partial charge is 0.416 e. The van der Waals surface area contributed by atoms with E-state index in [-0.39, 0.29) is 23.0 Å². The van der Waals surface area contributed by atoms with E-state index in [0.29, 0.717) is 19.0 Å². The van der Waals surface area contributed by atoms with Crippen molar-refractivity contribution in [3.63, 3.8) is 0 Å². The third-order valence-corrected chi connectivity index (χ3v) is 4.14. The van der Waals surface area contributed by atoms with Crippen LogP contribution in [-0.4, -0.2) is 35.0 Å². The minimum absolute atomic E-state index is 0.0120. The molecule has 126 valence electrons. The summed E-state index contributed by atoms with van der Waals surface area (Å²) in [6.45, 7) is 2.19. The molecule has 0 bridgehead atoms. The number of halogens is 4. The van der Waals surface area contributed by atoms with Gasteiger partial charge in [0.15, 0.2) is 0 Å². The largest absolute Gasteiger partial charge is 0.481 e. The van der Waals surface area contributed by atoms with Gasteiger partial charge >= 0.3 is 12.1 Å². The molecule has 8 heteroatoms. The quantitative estimate of drug-likeness (QED) is 0.888. The Morgan fingerprint density at radius 3 is 2.48 bits per heavy atom. The Bertz CT molecular complexity index is 633. The van der Waals surface area contributed by atoms with Gasteiger partial charge in [-0.3, -0.25) is 9.59 Å². The van der Waals surface area contributed by atoms with Gasteiger partial charge in [0.2, 0.25) is 0 Å². The SMILES string of the molecule is CC1CC(C(=O)O)CN(C(=O)c2ccc(C(F)(F)F)cc2Cl)C1. The summed E-state index contributed by atoms with van der Waals surface area (Å²) in [6.07, 6.45) is -4.08. The molecule has 1 N–H and O–H groups in total. The Morgan fingerprint density at radius 2 is 1.96 bits per heavy atom. The van der Waals surface area contributed by atoms with Crippen molar-refractivity contribution in [2.75, 3.05) is 13.1 Å². The zero-order chi connectivity index (χ0) is 17.4. The van der Waals surface area contributed by atoms with E-state index in [1.54, 1.807) is 0 Å². The molecule has 1 aliphatic rings. The number of carboxylic acid groups (broad SMARTS) is 1. The van der Waals surface area contributed by atoms with Crippen LogP contribution in [0.3, 0.4) is 0 Å². The zero-order valence-electron chi connectivity index (χ0n) is 12.2. The first kappa shape index (κ1) is 17.6. The minimum atomic E-state index is -4.54. The Morgan fingerprint density at radius 1 is 1.30 bits per heavy atom. The van der Waals surface area contributed by atoms with Crippen molar-refractivity contribution < 1.29 is 27.9 Å². The molecule has 0 spiro atoms. The van der Waals surface area contributed by atoms with E-state index in [1.807, 2.05) is 6.92 Å². The average molecular weight is 350 g/mol. The second-order valence-corrected chi connectivity index (χ2v) is 6.19. The number of carbonyl (C=O) groups is 2. The number of hydrogen-bond acceptors (Lipinski definition) is 2. The van der Waals surface area contributed by atoms with Gasteiger partial charge in [-0.25, -0.2) is 0 Å². The van der Waals surface area contributed by atoms with E-state index in [2.05, 4.69) is 0 Å². The van der Waals surface area contributed by atoms with Crippen molar-refractivity contribution in [1.29, 1.82) is 0 Å². The first-order valence-electron chi connectivity index (χ1n) is 6.98. The Hall–Kier alpha value is -1.76. The van der Waals surface area contributed by atoms with Crippen LogP contribution in [0.5, 0.6) is 0 Å². The molecule has 1 aliphatic heterocycles. The molecule has 23 heavy (non-hydrogen) atoms. The van der Waals surface area contributed by atoms with Crippen molar-refractivity contribution >= 4 is 23.5 Å². The van der Waals surface area contributed by atoms with Crippen LogP contribution in [0.4, 0.5) is 13.2 Å². The van der Waals surface area contributed by atoms with Crippen molar-refractivity contribution in [2.24, 2.45) is 11.8 Å². The molecule has 2 rings (SSSR count). The molecule has 1 amide bonds. The molecule has 1 fully saturated rings. The van der Waals surface area contributed by atoms with Crippen LogP contribution in [0, 0.1) is 11.8 Å². The summed E-state index contributed by atoms with van der Waals surface area (Å²) in [5.41, 5.74) is -0.993. The maximum atomic E-state index is 12.6. The highest BCUT2D eigenvalue weighted by Crippen LogP contribution is 2.33. The van der Waals surface area contributed by atoms with Crippen molar-refractivity contribution in [3.8, 4) is 0 Å². The molecular formula is C15H15ClF3NO3. The molecule has 1 saturated heterocycles. The Kier molecular flexibility index (Phi) is 4.89. The molecule has 0 aromatic heterocycles. The second kappa shape index (κ2) is 6.39. The first-order chi connectivity index (χ1) is 10.6. The van der Waals surface area contributed by atoms with Gasteiger partial charge in [-0.05, 0) is 30.5 Å². The maximum Gasteiger partial charge on any atom is 0.416 e. The van der Waals surface area contributed by atoms with Crippen LogP contribution in [0.1, 0.15) is 29.3 Å². The van der Waals surface area contributed by atoms with Gasteiger partial charge < -0.3 is 10.0 Å². The summed E-state index contributed by atoms with van der Waals surface area (Å²) in [4.78, 5) is 24.9. The highest BCUT2D eigenvalue weighted by Gasteiger charge is 2.34. The lowest BCUT2D eigenvalue weighted by molar-refractivity contribution is -0.144. The lowest BCUT2D eigenvalue weighted by Gasteiger charge is -2.34. The van der Waals surface area contributed by atoms with Crippen LogP contribution >= 0.6 is 11.6 Å². The number of rotatable bonds is 2. The van der Waals surface area contributed by atoms with Crippen LogP contribution in [0.15, 0.2) is 18.2 Å². The fourth-order valence-corrected chi connectivity index (χ4v) is 2.99. The van der Waals surface area contributed by atoms with E-state index < -0.39 is 29.5 Å². The molecule has 0 aliphatic carbocycles. The second-order valence-electron chi connectivity index (χ2n) is 5.78. The van der Waals surface area contributed by atoms with Gasteiger partial charge in [-0.2, -0.15) is 13.2 Å². The predicted octanol–water partition coefficient (Wildman–Crippen LogP) is 3.54. The maximum absolute atomic E-state index is 12.6. The van der Waals surface area contributed by atoms with Gasteiger partial charge in [0.25, 0.3) is 5.91 Å². The number of nitrogens with zero attached hydrogens (tertiary/aromatic N) is 1. The highest BCUT2D eigenvalue weighted by atomic mass is 35.5. The highest BCUT2D eigenvalue weighted by molar-refractivity contribution is 6.33. The van der Waals surface area contributed by atoms with E-state index in [0.717, 1.165) is 12.1 Å². The number of hydrogen-bond donors (Lipinski definition) is 1. The molecule has 1 aromatic carbocycles. The van der Waals surface area contributed by atoms with E-state index >= 15 is 0 Å². The Labute approximate surface area is 135 Å². The van der Waals surface area contributed by atoms with Crippen LogP contribution in [0.2, 0.25) is 5.02 Å². The zero-order valence-corrected chi connectivity index (χ0v) is 13.0. The lowest BCUT2D eigenvalue weighted by Crippen LogP contribution is -2.45. The molecule has 4 nitrogen and oxygen atoms in total. The Balaban J connectivity index is 2.24. The van der Waals surface area contributed by atoms with Gasteiger partial charge in [0.05, 0.1) is 22.1 Å². The fraction of sp³-hybridized carbons (Fsp3) is 0.467. The first-order valence-corrected chi connectivity index (χ1v) is 7.36. The van der Waals surface area contributed by atoms with Gasteiger partial charge in [0, 0.05) is 13.1 Å². The summed E-state index contributed by atoms with van der Waals surface area (Å²) in [7, 11) is 0. The van der Waals surface area contributed by atoms with Gasteiger partial charge in [-0.15, -0.1) is 0 Å². The van der Waals surface area contributed by atoms with Crippen molar-refractivity contribution in [2.45, 2.75) is 19.5 Å². The molecule has 1 heterocycles. The van der Waals surface area contributed by atoms with Crippen LogP contribution in [-0.2, 0) is 11.0 Å². The molecule has 2 unspecified atom stereocenters. The number of likely N-dealkylation sites (tertiary alicyclic amines) is 1. The van der Waals surface area contributed by atoms with E-state index in [1.165, 1.54) is 4.90 Å². The minimum Gasteiger partial charge on any atom is -0.481 e. The summed E-state index contributed by atoms with van der Waals surface area (Å²) in [5.74, 6) is -2.24. The number of benzene rings is 1. The van der Waals surface area contributed by atoms with Crippen molar-refractivity contribution in [3.05, 3.63) is 34.3 Å². The van der Waals surface area contributed by atoms with Gasteiger partial charge in [0.1, 0.15) is 0 Å². The standard InChI is InChI=1S/C15H15ClF3NO3/c1-8-4-9(14(22)23)7-20(6-8)13(21)11-3-2-10(5-12(11)16)15(17,18)19/h2-3,5,8-9H,4,6-7H2,1H3,(H,22,23). The normalized spacial score (nSPS) is 22.0.